The van der Waals surface area contributed by atoms with E-state index in [1.165, 1.54) is 6.07 Å². The first-order valence-corrected chi connectivity index (χ1v) is 7.14. The number of benzene rings is 1. The molecular formula is C15H23FN2O2. The zero-order chi connectivity index (χ0) is 14.4. The van der Waals surface area contributed by atoms with Gasteiger partial charge in [0, 0.05) is 31.7 Å². The summed E-state index contributed by atoms with van der Waals surface area (Å²) in [5.41, 5.74) is 0.490. The van der Waals surface area contributed by atoms with Gasteiger partial charge in [0.05, 0.1) is 18.9 Å². The highest BCUT2D eigenvalue weighted by molar-refractivity contribution is 5.50. The Hall–Kier alpha value is -1.33. The molecule has 0 bridgehead atoms. The maximum atomic E-state index is 13.6. The van der Waals surface area contributed by atoms with E-state index in [1.54, 1.807) is 12.1 Å². The summed E-state index contributed by atoms with van der Waals surface area (Å²) in [7, 11) is 0. The van der Waals surface area contributed by atoms with Crippen LogP contribution in [0.4, 0.5) is 10.1 Å². The van der Waals surface area contributed by atoms with E-state index >= 15 is 0 Å². The predicted octanol–water partition coefficient (Wildman–Crippen LogP) is 2.36. The van der Waals surface area contributed by atoms with Crippen LogP contribution in [0.15, 0.2) is 18.2 Å². The average Bonchev–Trinajstić information content (AvgIpc) is 2.43. The van der Waals surface area contributed by atoms with E-state index < -0.39 is 0 Å². The molecule has 1 saturated heterocycles. The number of hydrogen-bond acceptors (Lipinski definition) is 4. The molecule has 112 valence electrons. The fraction of sp³-hybridized carbons (Fsp3) is 0.600. The summed E-state index contributed by atoms with van der Waals surface area (Å²) in [6.07, 6.45) is 0. The molecule has 0 saturated carbocycles. The Labute approximate surface area is 119 Å². The standard InChI is InChI=1S/C15H23FN2O2/c1-12(2)17-15-11-13(3-4-14(15)16)20-10-7-18-5-8-19-9-6-18/h3-4,11-12,17H,5-10H2,1-2H3. The molecule has 0 spiro atoms. The van der Waals surface area contributed by atoms with Gasteiger partial charge in [-0.15, -0.1) is 0 Å². The summed E-state index contributed by atoms with van der Waals surface area (Å²) in [6, 6.07) is 5.01. The van der Waals surface area contributed by atoms with Crippen molar-refractivity contribution in [3.05, 3.63) is 24.0 Å². The summed E-state index contributed by atoms with van der Waals surface area (Å²) >= 11 is 0. The molecule has 0 aliphatic carbocycles. The minimum absolute atomic E-state index is 0.188. The van der Waals surface area contributed by atoms with Gasteiger partial charge in [-0.2, -0.15) is 0 Å². The Morgan fingerprint density at radius 3 is 2.80 bits per heavy atom. The molecule has 0 amide bonds. The third-order valence-electron chi connectivity index (χ3n) is 3.16. The lowest BCUT2D eigenvalue weighted by atomic mass is 10.2. The van der Waals surface area contributed by atoms with Crippen molar-refractivity contribution >= 4 is 5.69 Å². The van der Waals surface area contributed by atoms with E-state index in [9.17, 15) is 4.39 Å². The highest BCUT2D eigenvalue weighted by Crippen LogP contribution is 2.22. The Morgan fingerprint density at radius 2 is 2.10 bits per heavy atom. The molecule has 1 aliphatic heterocycles. The highest BCUT2D eigenvalue weighted by atomic mass is 19.1. The van der Waals surface area contributed by atoms with E-state index in [1.807, 2.05) is 13.8 Å². The molecule has 5 heteroatoms. The zero-order valence-electron chi connectivity index (χ0n) is 12.2. The van der Waals surface area contributed by atoms with Gasteiger partial charge in [-0.25, -0.2) is 4.39 Å². The van der Waals surface area contributed by atoms with Crippen molar-refractivity contribution in [3.8, 4) is 5.75 Å². The molecule has 1 aromatic carbocycles. The largest absolute Gasteiger partial charge is 0.492 e. The summed E-state index contributed by atoms with van der Waals surface area (Å²) in [5.74, 6) is 0.446. The van der Waals surface area contributed by atoms with Gasteiger partial charge >= 0.3 is 0 Å². The van der Waals surface area contributed by atoms with E-state index in [0.29, 0.717) is 18.0 Å². The summed E-state index contributed by atoms with van der Waals surface area (Å²) in [4.78, 5) is 2.31. The van der Waals surface area contributed by atoms with Crippen LogP contribution in [0.2, 0.25) is 0 Å². The summed E-state index contributed by atoms with van der Waals surface area (Å²) in [5, 5.41) is 3.07. The van der Waals surface area contributed by atoms with Crippen molar-refractivity contribution in [1.29, 1.82) is 0 Å². The topological polar surface area (TPSA) is 33.7 Å². The first-order chi connectivity index (χ1) is 9.65. The van der Waals surface area contributed by atoms with Gasteiger partial charge in [-0.05, 0) is 26.0 Å². The van der Waals surface area contributed by atoms with Crippen LogP contribution >= 0.6 is 0 Å². The van der Waals surface area contributed by atoms with Crippen molar-refractivity contribution in [2.24, 2.45) is 0 Å². The predicted molar refractivity (Wildman–Crippen MR) is 77.9 cm³/mol. The van der Waals surface area contributed by atoms with E-state index in [-0.39, 0.29) is 11.9 Å². The van der Waals surface area contributed by atoms with Crippen LogP contribution in [-0.4, -0.2) is 50.4 Å². The van der Waals surface area contributed by atoms with Gasteiger partial charge < -0.3 is 14.8 Å². The average molecular weight is 282 g/mol. The minimum atomic E-state index is -0.251. The minimum Gasteiger partial charge on any atom is -0.492 e. The second kappa shape index (κ2) is 7.45. The van der Waals surface area contributed by atoms with Gasteiger partial charge in [-0.1, -0.05) is 0 Å². The molecule has 4 nitrogen and oxygen atoms in total. The molecular weight excluding hydrogens is 259 g/mol. The quantitative estimate of drug-likeness (QED) is 0.868. The lowest BCUT2D eigenvalue weighted by Crippen LogP contribution is -2.38. The number of morpholine rings is 1. The summed E-state index contributed by atoms with van der Waals surface area (Å²) < 4.78 is 24.6. The first kappa shape index (κ1) is 15.1. The first-order valence-electron chi connectivity index (χ1n) is 7.14. The van der Waals surface area contributed by atoms with Crippen LogP contribution in [0.25, 0.3) is 0 Å². The number of nitrogens with zero attached hydrogens (tertiary/aromatic N) is 1. The van der Waals surface area contributed by atoms with Gasteiger partial charge in [0.1, 0.15) is 18.2 Å². The maximum absolute atomic E-state index is 13.6. The Balaban J connectivity index is 1.82. The molecule has 1 N–H and O–H groups in total. The molecule has 20 heavy (non-hydrogen) atoms. The second-order valence-corrected chi connectivity index (χ2v) is 5.24. The number of ether oxygens (including phenoxy) is 2. The van der Waals surface area contributed by atoms with E-state index in [0.717, 1.165) is 32.8 Å². The van der Waals surface area contributed by atoms with Crippen molar-refractivity contribution in [1.82, 2.24) is 4.90 Å². The molecule has 1 aromatic rings. The van der Waals surface area contributed by atoms with Crippen LogP contribution in [0, 0.1) is 5.82 Å². The van der Waals surface area contributed by atoms with Crippen LogP contribution in [-0.2, 0) is 4.74 Å². The molecule has 1 fully saturated rings. The SMILES string of the molecule is CC(C)Nc1cc(OCCN2CCOCC2)ccc1F. The van der Waals surface area contributed by atoms with Crippen molar-refractivity contribution in [3.63, 3.8) is 0 Å². The molecule has 0 aromatic heterocycles. The van der Waals surface area contributed by atoms with Gasteiger partial charge in [0.25, 0.3) is 0 Å². The lowest BCUT2D eigenvalue weighted by molar-refractivity contribution is 0.0322. The second-order valence-electron chi connectivity index (χ2n) is 5.24. The molecule has 1 aliphatic rings. The molecule has 0 radical (unpaired) electrons. The number of nitrogens with one attached hydrogen (secondary N) is 1. The molecule has 0 atom stereocenters. The number of rotatable bonds is 6. The normalized spacial score (nSPS) is 16.4. The third kappa shape index (κ3) is 4.65. The van der Waals surface area contributed by atoms with Gasteiger partial charge in [0.2, 0.25) is 0 Å². The van der Waals surface area contributed by atoms with Crippen molar-refractivity contribution < 1.29 is 13.9 Å². The van der Waals surface area contributed by atoms with Crippen LogP contribution < -0.4 is 10.1 Å². The maximum Gasteiger partial charge on any atom is 0.146 e. The fourth-order valence-corrected chi connectivity index (χ4v) is 2.13. The number of halogens is 1. The zero-order valence-corrected chi connectivity index (χ0v) is 12.2. The van der Waals surface area contributed by atoms with Gasteiger partial charge in [-0.3, -0.25) is 4.90 Å². The fourth-order valence-electron chi connectivity index (χ4n) is 2.13. The van der Waals surface area contributed by atoms with Crippen LogP contribution in [0.5, 0.6) is 5.75 Å². The Kier molecular flexibility index (Phi) is 5.61. The number of hydrogen-bond donors (Lipinski definition) is 1. The smallest absolute Gasteiger partial charge is 0.146 e. The van der Waals surface area contributed by atoms with Crippen molar-refractivity contribution in [2.45, 2.75) is 19.9 Å². The van der Waals surface area contributed by atoms with E-state index in [4.69, 9.17) is 9.47 Å². The van der Waals surface area contributed by atoms with E-state index in [2.05, 4.69) is 10.2 Å². The molecule has 2 rings (SSSR count). The van der Waals surface area contributed by atoms with Crippen LogP contribution in [0.3, 0.4) is 0 Å². The Morgan fingerprint density at radius 1 is 1.35 bits per heavy atom. The van der Waals surface area contributed by atoms with Crippen LogP contribution in [0.1, 0.15) is 13.8 Å². The number of anilines is 1. The Bertz CT molecular complexity index is 420. The van der Waals surface area contributed by atoms with Gasteiger partial charge in [0.15, 0.2) is 0 Å². The monoisotopic (exact) mass is 282 g/mol. The third-order valence-corrected chi connectivity index (χ3v) is 3.16. The summed E-state index contributed by atoms with van der Waals surface area (Å²) in [6.45, 7) is 8.91. The molecule has 1 heterocycles. The lowest BCUT2D eigenvalue weighted by Gasteiger charge is -2.26. The van der Waals surface area contributed by atoms with Crippen molar-refractivity contribution in [2.75, 3.05) is 44.8 Å². The highest BCUT2D eigenvalue weighted by Gasteiger charge is 2.10. The molecule has 0 unspecified atom stereocenters.